The van der Waals surface area contributed by atoms with E-state index < -0.39 is 17.7 Å². The molecule has 0 aromatic heterocycles. The molecule has 1 heterocycles. The number of aromatic carboxylic acids is 1. The van der Waals surface area contributed by atoms with E-state index in [-0.39, 0.29) is 22.7 Å². The number of carboxylic acids is 1. The van der Waals surface area contributed by atoms with Crippen molar-refractivity contribution in [2.75, 3.05) is 49.5 Å². The fourth-order valence-electron chi connectivity index (χ4n) is 3.68. The average molecular weight is 457 g/mol. The highest BCUT2D eigenvalue weighted by molar-refractivity contribution is 6.08. The third-order valence-electron chi connectivity index (χ3n) is 5.56. The molecule has 2 aromatic carbocycles. The zero-order valence-electron chi connectivity index (χ0n) is 18.6. The van der Waals surface area contributed by atoms with E-state index in [1.807, 2.05) is 4.90 Å². The van der Waals surface area contributed by atoms with Crippen LogP contribution in [-0.2, 0) is 4.79 Å². The molecule has 3 N–H and O–H groups in total. The Bertz CT molecular complexity index is 1010. The number of nitrogens with zero attached hydrogens (tertiary/aromatic N) is 2. The maximum Gasteiger partial charge on any atom is 0.337 e. The number of unbranched alkanes of at least 4 members (excludes halogenated alkanes) is 1. The van der Waals surface area contributed by atoms with Gasteiger partial charge in [-0.05, 0) is 36.8 Å². The molecular formula is C24H29FN4O4. The van der Waals surface area contributed by atoms with Crippen molar-refractivity contribution in [2.45, 2.75) is 19.8 Å². The van der Waals surface area contributed by atoms with Gasteiger partial charge in [-0.15, -0.1) is 0 Å². The summed E-state index contributed by atoms with van der Waals surface area (Å²) in [6.07, 6.45) is 1.99. The van der Waals surface area contributed by atoms with Gasteiger partial charge in [-0.2, -0.15) is 0 Å². The minimum absolute atomic E-state index is 0.0139. The molecule has 176 valence electrons. The normalized spacial score (nSPS) is 14.1. The number of nitrogens with one attached hydrogen (secondary N) is 2. The van der Waals surface area contributed by atoms with Gasteiger partial charge in [0.1, 0.15) is 5.82 Å². The molecule has 0 radical (unpaired) electrons. The summed E-state index contributed by atoms with van der Waals surface area (Å²) in [6, 6.07) is 10.3. The summed E-state index contributed by atoms with van der Waals surface area (Å²) >= 11 is 0. The fourth-order valence-corrected chi connectivity index (χ4v) is 3.68. The number of rotatable bonds is 9. The molecule has 0 spiro atoms. The van der Waals surface area contributed by atoms with Crippen LogP contribution in [0.4, 0.5) is 15.8 Å². The Hall–Kier alpha value is -3.46. The van der Waals surface area contributed by atoms with E-state index in [1.54, 1.807) is 6.07 Å². The summed E-state index contributed by atoms with van der Waals surface area (Å²) in [6.45, 7) is 5.74. The summed E-state index contributed by atoms with van der Waals surface area (Å²) in [7, 11) is 0. The van der Waals surface area contributed by atoms with Crippen LogP contribution < -0.4 is 15.5 Å². The molecule has 0 atom stereocenters. The number of carbonyl (C=O) groups excluding carboxylic acids is 2. The van der Waals surface area contributed by atoms with E-state index >= 15 is 0 Å². The van der Waals surface area contributed by atoms with Crippen molar-refractivity contribution in [2.24, 2.45) is 0 Å². The number of halogens is 1. The van der Waals surface area contributed by atoms with E-state index in [0.717, 1.165) is 12.8 Å². The standard InChI is InChI=1S/C24H29FN4O4/c1-2-3-10-26-22(30)16-28-11-13-29(14-12-28)17-8-9-21(19(15-17)24(32)33)27-23(31)18-6-4-5-7-20(18)25/h4-9,15H,2-3,10-14,16H2,1H3,(H,26,30)(H,27,31)(H,32,33). The van der Waals surface area contributed by atoms with Crippen LogP contribution in [0.15, 0.2) is 42.5 Å². The molecule has 1 saturated heterocycles. The lowest BCUT2D eigenvalue weighted by molar-refractivity contribution is -0.122. The summed E-state index contributed by atoms with van der Waals surface area (Å²) in [5.41, 5.74) is 0.577. The molecule has 0 bridgehead atoms. The van der Waals surface area contributed by atoms with E-state index in [2.05, 4.69) is 22.5 Å². The molecule has 1 aliphatic heterocycles. The highest BCUT2D eigenvalue weighted by Crippen LogP contribution is 2.25. The zero-order chi connectivity index (χ0) is 23.8. The first-order valence-corrected chi connectivity index (χ1v) is 11.1. The maximum atomic E-state index is 13.9. The van der Waals surface area contributed by atoms with Gasteiger partial charge < -0.3 is 20.6 Å². The number of benzene rings is 2. The van der Waals surface area contributed by atoms with Crippen LogP contribution in [0, 0.1) is 5.82 Å². The Morgan fingerprint density at radius 1 is 1.03 bits per heavy atom. The minimum Gasteiger partial charge on any atom is -0.478 e. The van der Waals surface area contributed by atoms with Gasteiger partial charge in [0.05, 0.1) is 23.4 Å². The number of carboxylic acid groups (broad SMARTS) is 1. The van der Waals surface area contributed by atoms with E-state index in [9.17, 15) is 23.9 Å². The van der Waals surface area contributed by atoms with Crippen molar-refractivity contribution in [3.63, 3.8) is 0 Å². The second kappa shape index (κ2) is 11.4. The number of hydrogen-bond donors (Lipinski definition) is 3. The number of piperazine rings is 1. The van der Waals surface area contributed by atoms with Crippen LogP contribution in [0.25, 0.3) is 0 Å². The quantitative estimate of drug-likeness (QED) is 0.502. The highest BCUT2D eigenvalue weighted by Gasteiger charge is 2.22. The zero-order valence-corrected chi connectivity index (χ0v) is 18.6. The molecular weight excluding hydrogens is 427 g/mol. The van der Waals surface area contributed by atoms with Crippen molar-refractivity contribution in [3.05, 3.63) is 59.4 Å². The molecule has 1 fully saturated rings. The van der Waals surface area contributed by atoms with Gasteiger partial charge in [0.25, 0.3) is 5.91 Å². The smallest absolute Gasteiger partial charge is 0.337 e. The van der Waals surface area contributed by atoms with Gasteiger partial charge in [0.2, 0.25) is 5.91 Å². The third-order valence-corrected chi connectivity index (χ3v) is 5.56. The monoisotopic (exact) mass is 456 g/mol. The van der Waals surface area contributed by atoms with Crippen LogP contribution in [0.2, 0.25) is 0 Å². The molecule has 2 amide bonds. The molecule has 3 rings (SSSR count). The molecule has 33 heavy (non-hydrogen) atoms. The molecule has 0 saturated carbocycles. The first-order chi connectivity index (χ1) is 15.9. The first-order valence-electron chi connectivity index (χ1n) is 11.1. The van der Waals surface area contributed by atoms with Gasteiger partial charge in [-0.25, -0.2) is 9.18 Å². The van der Waals surface area contributed by atoms with Crippen molar-refractivity contribution in [3.8, 4) is 0 Å². The van der Waals surface area contributed by atoms with Gasteiger partial charge >= 0.3 is 5.97 Å². The maximum absolute atomic E-state index is 13.9. The molecule has 2 aromatic rings. The van der Waals surface area contributed by atoms with Crippen LogP contribution >= 0.6 is 0 Å². The lowest BCUT2D eigenvalue weighted by atomic mass is 10.1. The van der Waals surface area contributed by atoms with Crippen LogP contribution in [-0.4, -0.2) is 67.1 Å². The Balaban J connectivity index is 1.63. The predicted molar refractivity (Wildman–Crippen MR) is 124 cm³/mol. The van der Waals surface area contributed by atoms with Crippen molar-refractivity contribution >= 4 is 29.2 Å². The van der Waals surface area contributed by atoms with Gasteiger partial charge in [-0.1, -0.05) is 25.5 Å². The van der Waals surface area contributed by atoms with Gasteiger partial charge in [0.15, 0.2) is 0 Å². The van der Waals surface area contributed by atoms with Gasteiger partial charge in [0, 0.05) is 38.4 Å². The predicted octanol–water partition coefficient (Wildman–Crippen LogP) is 2.81. The third kappa shape index (κ3) is 6.52. The van der Waals surface area contributed by atoms with E-state index in [1.165, 1.54) is 36.4 Å². The summed E-state index contributed by atoms with van der Waals surface area (Å²) in [5, 5.41) is 15.1. The second-order valence-electron chi connectivity index (χ2n) is 7.94. The van der Waals surface area contributed by atoms with Crippen LogP contribution in [0.3, 0.4) is 0 Å². The molecule has 0 unspecified atom stereocenters. The largest absolute Gasteiger partial charge is 0.478 e. The SMILES string of the molecule is CCCCNC(=O)CN1CCN(c2ccc(NC(=O)c3ccccc3F)c(C(=O)O)c2)CC1. The first kappa shape index (κ1) is 24.2. The molecule has 0 aliphatic carbocycles. The Kier molecular flexibility index (Phi) is 8.37. The second-order valence-corrected chi connectivity index (χ2v) is 7.94. The van der Waals surface area contributed by atoms with Crippen molar-refractivity contribution in [1.29, 1.82) is 0 Å². The average Bonchev–Trinajstić information content (AvgIpc) is 2.80. The highest BCUT2D eigenvalue weighted by atomic mass is 19.1. The number of amides is 2. The molecule has 1 aliphatic rings. The Labute approximate surface area is 192 Å². The molecule has 9 heteroatoms. The topological polar surface area (TPSA) is 102 Å². The van der Waals surface area contributed by atoms with Crippen molar-refractivity contribution in [1.82, 2.24) is 10.2 Å². The number of hydrogen-bond acceptors (Lipinski definition) is 5. The summed E-state index contributed by atoms with van der Waals surface area (Å²) in [5.74, 6) is -2.57. The van der Waals surface area contributed by atoms with Crippen molar-refractivity contribution < 1.29 is 23.9 Å². The minimum atomic E-state index is -1.19. The lowest BCUT2D eigenvalue weighted by Gasteiger charge is -2.36. The lowest BCUT2D eigenvalue weighted by Crippen LogP contribution is -2.49. The number of anilines is 2. The summed E-state index contributed by atoms with van der Waals surface area (Å²) < 4.78 is 13.9. The van der Waals surface area contributed by atoms with E-state index in [4.69, 9.17) is 0 Å². The fraction of sp³-hybridized carbons (Fsp3) is 0.375. The summed E-state index contributed by atoms with van der Waals surface area (Å²) in [4.78, 5) is 40.4. The Morgan fingerprint density at radius 3 is 2.42 bits per heavy atom. The van der Waals surface area contributed by atoms with Crippen LogP contribution in [0.5, 0.6) is 0 Å². The number of carbonyl (C=O) groups is 3. The van der Waals surface area contributed by atoms with E-state index in [0.29, 0.717) is 45.0 Å². The van der Waals surface area contributed by atoms with Crippen LogP contribution in [0.1, 0.15) is 40.5 Å². The molecule has 8 nitrogen and oxygen atoms in total. The Morgan fingerprint density at radius 2 is 1.76 bits per heavy atom. The van der Waals surface area contributed by atoms with Gasteiger partial charge in [-0.3, -0.25) is 14.5 Å².